The van der Waals surface area contributed by atoms with Crippen molar-refractivity contribution in [2.24, 2.45) is 0 Å². The van der Waals surface area contributed by atoms with Crippen LogP contribution in [0.4, 0.5) is 34.1 Å². The lowest BCUT2D eigenvalue weighted by atomic mass is 9.67. The fraction of sp³-hybridized carbons (Fsp3) is 0.0270. The summed E-state index contributed by atoms with van der Waals surface area (Å²) < 4.78 is 0. The molecule has 2 heteroatoms. The molecule has 3 aliphatic carbocycles. The van der Waals surface area contributed by atoms with E-state index in [0.29, 0.717) is 0 Å². The van der Waals surface area contributed by atoms with Crippen LogP contribution in [-0.2, 0) is 10.8 Å². The number of para-hydroxylation sites is 3. The largest absolute Gasteiger partial charge is 0.310 e. The Morgan fingerprint density at radius 1 is 0.211 bits per heavy atom. The van der Waals surface area contributed by atoms with E-state index in [1.54, 1.807) is 0 Å². The van der Waals surface area contributed by atoms with Crippen molar-refractivity contribution in [3.05, 3.63) is 348 Å². The van der Waals surface area contributed by atoms with Gasteiger partial charge in [0.05, 0.1) is 22.2 Å². The fourth-order valence-corrected chi connectivity index (χ4v) is 13.6. The molecule has 3 aliphatic rings. The SMILES string of the molecule is c1ccc(-c2cc3c(cc2N(c2ccccc2)c2ccccc2)C2(c4ccccc4-c4ccc(N(c5ccccc5)c5cccc6c5C(c5ccccc5)(c5ccccc5)c5ccccc5-6)cc42)c2ccccc2-3)cc1. The number of anilines is 6. The molecule has 0 bridgehead atoms. The number of fused-ring (bicyclic) bond motifs is 13. The average molecular weight is 967 g/mol. The number of nitrogens with zero attached hydrogens (tertiary/aromatic N) is 2. The van der Waals surface area contributed by atoms with Gasteiger partial charge in [-0.1, -0.05) is 237 Å². The molecule has 15 rings (SSSR count). The highest BCUT2D eigenvalue weighted by molar-refractivity contribution is 6.01. The molecule has 0 N–H and O–H groups in total. The number of hydrogen-bond donors (Lipinski definition) is 0. The van der Waals surface area contributed by atoms with Gasteiger partial charge in [0.15, 0.2) is 0 Å². The first-order valence-corrected chi connectivity index (χ1v) is 26.4. The molecule has 76 heavy (non-hydrogen) atoms. The van der Waals surface area contributed by atoms with Gasteiger partial charge in [-0.25, -0.2) is 0 Å². The van der Waals surface area contributed by atoms with Crippen molar-refractivity contribution in [2.75, 3.05) is 9.80 Å². The molecule has 1 unspecified atom stereocenters. The molecule has 0 aliphatic heterocycles. The van der Waals surface area contributed by atoms with E-state index in [1.165, 1.54) is 89.0 Å². The molecule has 0 fully saturated rings. The molecule has 1 atom stereocenters. The maximum absolute atomic E-state index is 2.54. The molecule has 1 spiro atoms. The Kier molecular flexibility index (Phi) is 10.0. The van der Waals surface area contributed by atoms with E-state index in [-0.39, 0.29) is 0 Å². The normalized spacial score (nSPS) is 14.7. The van der Waals surface area contributed by atoms with E-state index in [9.17, 15) is 0 Å². The van der Waals surface area contributed by atoms with Gasteiger partial charge in [-0.05, 0) is 145 Å². The predicted molar refractivity (Wildman–Crippen MR) is 315 cm³/mol. The van der Waals surface area contributed by atoms with E-state index < -0.39 is 10.8 Å². The minimum absolute atomic E-state index is 0.619. The second kappa shape index (κ2) is 17.4. The number of hydrogen-bond acceptors (Lipinski definition) is 2. The zero-order chi connectivity index (χ0) is 50.2. The molecule has 12 aromatic carbocycles. The highest BCUT2D eigenvalue weighted by atomic mass is 15.2. The highest BCUT2D eigenvalue weighted by Gasteiger charge is 2.53. The zero-order valence-electron chi connectivity index (χ0n) is 41.8. The molecule has 0 heterocycles. The van der Waals surface area contributed by atoms with E-state index >= 15 is 0 Å². The standard InChI is InChI=1S/C74H50N2/c1-7-26-51(27-8-1)63-49-64-60-40-21-24-44-67(60)74(69(64)50-71(63)75(54-32-13-4-14-33-54)55-34-15-5-16-35-55)66-43-23-19-38-58(66)61-47-46-57(48-68(61)74)76(56-36-17-6-18-37-56)70-45-25-41-62-59-39-20-22-42-65(59)73(72(62)70,52-28-9-2-10-29-52)53-30-11-3-12-31-53/h1-50H. The Bertz CT molecular complexity index is 4080. The Hall–Kier alpha value is -9.76. The molecular formula is C74H50N2. The highest BCUT2D eigenvalue weighted by Crippen LogP contribution is 2.66. The van der Waals surface area contributed by atoms with Crippen LogP contribution in [0.3, 0.4) is 0 Å². The first-order valence-electron chi connectivity index (χ1n) is 26.4. The first-order chi connectivity index (χ1) is 37.7. The monoisotopic (exact) mass is 966 g/mol. The summed E-state index contributed by atoms with van der Waals surface area (Å²) >= 11 is 0. The minimum atomic E-state index is -0.661. The lowest BCUT2D eigenvalue weighted by Crippen LogP contribution is -2.30. The predicted octanol–water partition coefficient (Wildman–Crippen LogP) is 19.0. The second-order valence-corrected chi connectivity index (χ2v) is 20.3. The average Bonchev–Trinajstić information content (AvgIpc) is 4.26. The third-order valence-electron chi connectivity index (χ3n) is 16.5. The summed E-state index contributed by atoms with van der Waals surface area (Å²) in [5, 5.41) is 0. The summed E-state index contributed by atoms with van der Waals surface area (Å²) in [4.78, 5) is 4.99. The Labute approximate surface area is 444 Å². The summed E-state index contributed by atoms with van der Waals surface area (Å²) in [5.41, 5.74) is 25.4. The lowest BCUT2D eigenvalue weighted by molar-refractivity contribution is 0.767. The number of benzene rings is 12. The van der Waals surface area contributed by atoms with E-state index in [2.05, 4.69) is 313 Å². The molecule has 356 valence electrons. The maximum atomic E-state index is 2.54. The van der Waals surface area contributed by atoms with E-state index in [4.69, 9.17) is 0 Å². The molecule has 0 saturated carbocycles. The molecular weight excluding hydrogens is 917 g/mol. The maximum Gasteiger partial charge on any atom is 0.0734 e. The molecule has 0 saturated heterocycles. The van der Waals surface area contributed by atoms with Gasteiger partial charge in [-0.2, -0.15) is 0 Å². The van der Waals surface area contributed by atoms with Crippen LogP contribution in [0.15, 0.2) is 303 Å². The van der Waals surface area contributed by atoms with E-state index in [0.717, 1.165) is 34.1 Å². The van der Waals surface area contributed by atoms with Crippen LogP contribution in [0.5, 0.6) is 0 Å². The van der Waals surface area contributed by atoms with Crippen LogP contribution in [0.2, 0.25) is 0 Å². The number of rotatable bonds is 9. The van der Waals surface area contributed by atoms with Crippen LogP contribution in [-0.4, -0.2) is 0 Å². The van der Waals surface area contributed by atoms with Gasteiger partial charge >= 0.3 is 0 Å². The van der Waals surface area contributed by atoms with Crippen molar-refractivity contribution >= 4 is 34.1 Å². The summed E-state index contributed by atoms with van der Waals surface area (Å²) in [7, 11) is 0. The van der Waals surface area contributed by atoms with Crippen molar-refractivity contribution in [3.8, 4) is 44.5 Å². The van der Waals surface area contributed by atoms with E-state index in [1.807, 2.05) is 0 Å². The van der Waals surface area contributed by atoms with Gasteiger partial charge < -0.3 is 9.80 Å². The Morgan fingerprint density at radius 2 is 0.605 bits per heavy atom. The van der Waals surface area contributed by atoms with Crippen molar-refractivity contribution in [2.45, 2.75) is 10.8 Å². The smallest absolute Gasteiger partial charge is 0.0734 e. The van der Waals surface area contributed by atoms with Gasteiger partial charge in [-0.3, -0.25) is 0 Å². The zero-order valence-corrected chi connectivity index (χ0v) is 41.8. The lowest BCUT2D eigenvalue weighted by Gasteiger charge is -2.38. The first kappa shape index (κ1) is 43.8. The molecule has 12 aromatic rings. The van der Waals surface area contributed by atoms with Gasteiger partial charge in [-0.15, -0.1) is 0 Å². The summed E-state index contributed by atoms with van der Waals surface area (Å²) in [5.74, 6) is 0. The molecule has 0 radical (unpaired) electrons. The van der Waals surface area contributed by atoms with Crippen molar-refractivity contribution in [3.63, 3.8) is 0 Å². The van der Waals surface area contributed by atoms with Crippen LogP contribution < -0.4 is 9.80 Å². The Balaban J connectivity index is 1.03. The van der Waals surface area contributed by atoms with Gasteiger partial charge in [0.1, 0.15) is 0 Å². The quantitative estimate of drug-likeness (QED) is 0.142. The minimum Gasteiger partial charge on any atom is -0.310 e. The van der Waals surface area contributed by atoms with Crippen molar-refractivity contribution in [1.29, 1.82) is 0 Å². The van der Waals surface area contributed by atoms with Gasteiger partial charge in [0.25, 0.3) is 0 Å². The summed E-state index contributed by atoms with van der Waals surface area (Å²) in [6.07, 6.45) is 0. The van der Waals surface area contributed by atoms with Crippen LogP contribution in [0.25, 0.3) is 44.5 Å². The topological polar surface area (TPSA) is 6.48 Å². The molecule has 0 aromatic heterocycles. The van der Waals surface area contributed by atoms with Gasteiger partial charge in [0.2, 0.25) is 0 Å². The van der Waals surface area contributed by atoms with Crippen molar-refractivity contribution in [1.82, 2.24) is 0 Å². The van der Waals surface area contributed by atoms with Crippen LogP contribution in [0, 0.1) is 0 Å². The Morgan fingerprint density at radius 3 is 1.14 bits per heavy atom. The summed E-state index contributed by atoms with van der Waals surface area (Å²) in [6, 6.07) is 113. The van der Waals surface area contributed by atoms with Crippen LogP contribution in [0.1, 0.15) is 44.5 Å². The molecule has 0 amide bonds. The van der Waals surface area contributed by atoms with Gasteiger partial charge in [0, 0.05) is 33.9 Å². The third kappa shape index (κ3) is 6.28. The second-order valence-electron chi connectivity index (χ2n) is 20.3. The fourth-order valence-electron chi connectivity index (χ4n) is 13.6. The molecule has 2 nitrogen and oxygen atoms in total. The van der Waals surface area contributed by atoms with Crippen molar-refractivity contribution < 1.29 is 0 Å². The summed E-state index contributed by atoms with van der Waals surface area (Å²) in [6.45, 7) is 0. The third-order valence-corrected chi connectivity index (χ3v) is 16.5. The van der Waals surface area contributed by atoms with Crippen LogP contribution >= 0.6 is 0 Å².